The average molecular weight is 307 g/mol. The Balaban J connectivity index is 1.96. The van der Waals surface area contributed by atoms with Crippen LogP contribution >= 0.6 is 0 Å². The molecule has 0 amide bonds. The van der Waals surface area contributed by atoms with E-state index in [4.69, 9.17) is 0 Å². The minimum absolute atomic E-state index is 0.405. The summed E-state index contributed by atoms with van der Waals surface area (Å²) < 4.78 is 1.39. The van der Waals surface area contributed by atoms with Crippen LogP contribution in [0.25, 0.3) is 10.0 Å². The molecule has 90 valence electrons. The molecule has 0 unspecified atom stereocenters. The van der Waals surface area contributed by atoms with Crippen molar-refractivity contribution in [1.29, 1.82) is 0 Å². The fourth-order valence-corrected chi connectivity index (χ4v) is 3.68. The van der Waals surface area contributed by atoms with E-state index >= 15 is 0 Å². The van der Waals surface area contributed by atoms with Crippen molar-refractivity contribution in [2.45, 2.75) is 0 Å². The summed E-state index contributed by atoms with van der Waals surface area (Å²) in [5.74, 6) is 6.54. The summed E-state index contributed by atoms with van der Waals surface area (Å²) in [5.41, 5.74) is 3.52. The van der Waals surface area contributed by atoms with Gasteiger partial charge in [-0.05, 0) is 0 Å². The molecule has 0 spiro atoms. The molecule has 0 N–H and O–H groups in total. The quantitative estimate of drug-likeness (QED) is 0.474. The Kier molecular flexibility index (Phi) is 3.65. The van der Waals surface area contributed by atoms with Crippen molar-refractivity contribution in [3.63, 3.8) is 0 Å². The zero-order valence-electron chi connectivity index (χ0n) is 10.3. The van der Waals surface area contributed by atoms with Crippen molar-refractivity contribution >= 4 is 14.5 Å². The van der Waals surface area contributed by atoms with E-state index < -0.39 is 0 Å². The molecule has 0 saturated carbocycles. The number of hydrogen-bond donors (Lipinski definition) is 0. The van der Waals surface area contributed by atoms with E-state index in [1.54, 1.807) is 0 Å². The summed E-state index contributed by atoms with van der Waals surface area (Å²) in [6.07, 6.45) is 0. The van der Waals surface area contributed by atoms with E-state index in [-0.39, 0.29) is 0 Å². The third kappa shape index (κ3) is 2.88. The van der Waals surface area contributed by atoms with Crippen LogP contribution in [0.5, 0.6) is 0 Å². The van der Waals surface area contributed by atoms with Crippen molar-refractivity contribution in [2.24, 2.45) is 0 Å². The Labute approximate surface area is 119 Å². The van der Waals surface area contributed by atoms with E-state index in [2.05, 4.69) is 53.2 Å². The second-order valence-corrected chi connectivity index (χ2v) is 6.07. The van der Waals surface area contributed by atoms with Crippen LogP contribution in [0, 0.1) is 11.8 Å². The molecule has 0 nitrogen and oxygen atoms in total. The van der Waals surface area contributed by atoms with Gasteiger partial charge < -0.3 is 0 Å². The summed E-state index contributed by atoms with van der Waals surface area (Å²) in [7, 11) is 0. The maximum absolute atomic E-state index is 3.30. The van der Waals surface area contributed by atoms with Crippen LogP contribution in [0.2, 0.25) is 0 Å². The van der Waals surface area contributed by atoms with Crippen molar-refractivity contribution in [2.75, 3.05) is 0 Å². The summed E-state index contributed by atoms with van der Waals surface area (Å²) in [6, 6.07) is 22.8. The van der Waals surface area contributed by atoms with Gasteiger partial charge in [-0.15, -0.1) is 0 Å². The molecule has 0 aliphatic heterocycles. The molecule has 2 aromatic carbocycles. The van der Waals surface area contributed by atoms with Gasteiger partial charge >= 0.3 is 119 Å². The molecule has 0 atom stereocenters. The Bertz CT molecular complexity index is 712. The molecule has 0 saturated heterocycles. The first-order valence-corrected chi connectivity index (χ1v) is 7.98. The van der Waals surface area contributed by atoms with Crippen molar-refractivity contribution in [3.05, 3.63) is 82.8 Å². The summed E-state index contributed by atoms with van der Waals surface area (Å²) in [5, 5.41) is 0. The topological polar surface area (TPSA) is 0 Å². The van der Waals surface area contributed by atoms with Crippen LogP contribution in [-0.4, -0.2) is 14.5 Å². The Morgan fingerprint density at radius 3 is 2.11 bits per heavy atom. The van der Waals surface area contributed by atoms with Gasteiger partial charge in [0, 0.05) is 0 Å². The van der Waals surface area contributed by atoms with Gasteiger partial charge in [0.1, 0.15) is 0 Å². The predicted molar refractivity (Wildman–Crippen MR) is 81.2 cm³/mol. The first kappa shape index (κ1) is 12.1. The first-order chi connectivity index (χ1) is 9.43. The third-order valence-electron chi connectivity index (χ3n) is 2.82. The fraction of sp³-hybridized carbons (Fsp3) is 0. The molecule has 19 heavy (non-hydrogen) atoms. The van der Waals surface area contributed by atoms with Gasteiger partial charge in [0.25, 0.3) is 0 Å². The monoisotopic (exact) mass is 308 g/mol. The van der Waals surface area contributed by atoms with Crippen LogP contribution in [0.3, 0.4) is 0 Å². The van der Waals surface area contributed by atoms with E-state index in [0.29, 0.717) is 14.5 Å². The van der Waals surface area contributed by atoms with Crippen molar-refractivity contribution in [3.8, 4) is 21.8 Å². The van der Waals surface area contributed by atoms with Crippen LogP contribution < -0.4 is 0 Å². The van der Waals surface area contributed by atoms with Gasteiger partial charge in [0.15, 0.2) is 0 Å². The van der Waals surface area contributed by atoms with Gasteiger partial charge in [0.05, 0.1) is 0 Å². The third-order valence-corrected chi connectivity index (χ3v) is 4.84. The second-order valence-electron chi connectivity index (χ2n) is 4.15. The van der Waals surface area contributed by atoms with E-state index in [9.17, 15) is 0 Å². The van der Waals surface area contributed by atoms with Gasteiger partial charge in [-0.2, -0.15) is 0 Å². The van der Waals surface area contributed by atoms with Crippen LogP contribution in [-0.2, 0) is 0 Å². The Morgan fingerprint density at radius 1 is 0.684 bits per heavy atom. The molecule has 0 radical (unpaired) electrons. The summed E-state index contributed by atoms with van der Waals surface area (Å²) >= 11 is 0.405. The minimum atomic E-state index is 0.405. The van der Waals surface area contributed by atoms with E-state index in [1.807, 2.05) is 30.3 Å². The molecule has 1 aromatic heterocycles. The summed E-state index contributed by atoms with van der Waals surface area (Å²) in [4.78, 5) is 2.24. The molecule has 0 aliphatic carbocycles. The standard InChI is InChI=1S/C18H12Se/c1-3-7-15(8-4-1)11-12-17-13-14-19-18(17)16-9-5-2-6-10-16/h1-10,13-14H. The summed E-state index contributed by atoms with van der Waals surface area (Å²) in [6.45, 7) is 0. The van der Waals surface area contributed by atoms with Crippen molar-refractivity contribution < 1.29 is 0 Å². The molecule has 1 heterocycles. The maximum atomic E-state index is 3.30. The van der Waals surface area contributed by atoms with Gasteiger partial charge in [-0.1, -0.05) is 0 Å². The van der Waals surface area contributed by atoms with Crippen LogP contribution in [0.1, 0.15) is 11.1 Å². The number of benzene rings is 2. The second kappa shape index (κ2) is 5.76. The molecular weight excluding hydrogens is 295 g/mol. The van der Waals surface area contributed by atoms with Gasteiger partial charge in [0.2, 0.25) is 0 Å². The molecule has 3 aromatic rings. The van der Waals surface area contributed by atoms with Crippen LogP contribution in [0.4, 0.5) is 0 Å². The number of rotatable bonds is 1. The van der Waals surface area contributed by atoms with Crippen LogP contribution in [0.15, 0.2) is 71.7 Å². The molecule has 0 bridgehead atoms. The van der Waals surface area contributed by atoms with E-state index in [1.165, 1.54) is 10.0 Å². The predicted octanol–water partition coefficient (Wildman–Crippen LogP) is 3.81. The fourth-order valence-electron chi connectivity index (χ4n) is 1.88. The SMILES string of the molecule is C(#Cc1cc[se]c1-c1ccccc1)c1ccccc1. The zero-order chi connectivity index (χ0) is 12.9. The first-order valence-electron chi connectivity index (χ1n) is 6.13. The Hall–Kier alpha value is -2.00. The average Bonchev–Trinajstić information content (AvgIpc) is 2.95. The Morgan fingerprint density at radius 2 is 1.37 bits per heavy atom. The number of hydrogen-bond acceptors (Lipinski definition) is 0. The zero-order valence-corrected chi connectivity index (χ0v) is 12.0. The molecule has 0 aliphatic rings. The van der Waals surface area contributed by atoms with E-state index in [0.717, 1.165) is 11.1 Å². The van der Waals surface area contributed by atoms with Gasteiger partial charge in [-0.3, -0.25) is 0 Å². The molecule has 0 fully saturated rings. The molecule has 1 heteroatoms. The molecular formula is C18H12Se. The molecule has 3 rings (SSSR count). The van der Waals surface area contributed by atoms with Crippen molar-refractivity contribution in [1.82, 2.24) is 0 Å². The van der Waals surface area contributed by atoms with Gasteiger partial charge in [-0.25, -0.2) is 0 Å². The normalized spacial score (nSPS) is 9.68.